The highest BCUT2D eigenvalue weighted by molar-refractivity contribution is 6.34. The third-order valence-electron chi connectivity index (χ3n) is 5.84. The second-order valence-corrected chi connectivity index (χ2v) is 7.95. The third kappa shape index (κ3) is 3.17. The summed E-state index contributed by atoms with van der Waals surface area (Å²) in [5, 5.41) is 31.3. The van der Waals surface area contributed by atoms with Crippen molar-refractivity contribution in [3.05, 3.63) is 56.7 Å². The molecule has 0 aliphatic carbocycles. The van der Waals surface area contributed by atoms with Crippen LogP contribution in [0.2, 0.25) is 5.02 Å². The molecule has 2 atom stereocenters. The average Bonchev–Trinajstić information content (AvgIpc) is 3.03. The topological polar surface area (TPSA) is 94.1 Å². The molecule has 1 fully saturated rings. The molecule has 2 unspecified atom stereocenters. The van der Waals surface area contributed by atoms with E-state index in [-0.39, 0.29) is 46.8 Å². The molecule has 2 heterocycles. The van der Waals surface area contributed by atoms with E-state index >= 15 is 0 Å². The van der Waals surface area contributed by atoms with Crippen LogP contribution in [0.15, 0.2) is 39.5 Å². The Morgan fingerprint density at radius 3 is 2.72 bits per heavy atom. The SMILES string of the molecule is Cc1cccc(-c2cc(=O)c3c(O)cc(O)c(C4CCN(C)C4CO)c3o2)c1Cl. The first-order valence-electron chi connectivity index (χ1n) is 9.42. The molecular formula is C22H22ClNO5. The van der Waals surface area contributed by atoms with Crippen molar-refractivity contribution in [3.63, 3.8) is 0 Å². The van der Waals surface area contributed by atoms with Gasteiger partial charge in [0.25, 0.3) is 0 Å². The predicted molar refractivity (Wildman–Crippen MR) is 112 cm³/mol. The van der Waals surface area contributed by atoms with Crippen molar-refractivity contribution >= 4 is 22.6 Å². The quantitative estimate of drug-likeness (QED) is 0.605. The van der Waals surface area contributed by atoms with Crippen LogP contribution in [-0.2, 0) is 0 Å². The van der Waals surface area contributed by atoms with Gasteiger partial charge in [-0.15, -0.1) is 0 Å². The van der Waals surface area contributed by atoms with E-state index in [0.717, 1.165) is 12.1 Å². The van der Waals surface area contributed by atoms with Crippen LogP contribution in [0.4, 0.5) is 0 Å². The Bertz CT molecular complexity index is 1160. The number of likely N-dealkylation sites (N-methyl/N-ethyl adjacent to an activating group) is 1. The number of phenolic OH excluding ortho intramolecular Hbond substituents is 2. The van der Waals surface area contributed by atoms with Crippen molar-refractivity contribution < 1.29 is 19.7 Å². The summed E-state index contributed by atoms with van der Waals surface area (Å²) in [6.07, 6.45) is 0.675. The smallest absolute Gasteiger partial charge is 0.197 e. The lowest BCUT2D eigenvalue weighted by Crippen LogP contribution is -2.32. The summed E-state index contributed by atoms with van der Waals surface area (Å²) in [5.74, 6) is -0.498. The number of fused-ring (bicyclic) bond motifs is 1. The fraction of sp³-hybridized carbons (Fsp3) is 0.318. The zero-order chi connectivity index (χ0) is 20.9. The Morgan fingerprint density at radius 2 is 2.00 bits per heavy atom. The van der Waals surface area contributed by atoms with Gasteiger partial charge in [0.15, 0.2) is 5.43 Å². The number of phenols is 2. The number of hydrogen-bond donors (Lipinski definition) is 3. The molecule has 0 spiro atoms. The summed E-state index contributed by atoms with van der Waals surface area (Å²) >= 11 is 6.42. The van der Waals surface area contributed by atoms with Gasteiger partial charge in [-0.3, -0.25) is 4.79 Å². The molecule has 0 amide bonds. The van der Waals surface area contributed by atoms with Crippen molar-refractivity contribution in [1.29, 1.82) is 0 Å². The number of aromatic hydroxyl groups is 2. The average molecular weight is 416 g/mol. The highest BCUT2D eigenvalue weighted by Gasteiger charge is 2.36. The van der Waals surface area contributed by atoms with E-state index in [2.05, 4.69) is 0 Å². The first-order chi connectivity index (χ1) is 13.8. The largest absolute Gasteiger partial charge is 0.507 e. The van der Waals surface area contributed by atoms with Crippen molar-refractivity contribution in [2.45, 2.75) is 25.3 Å². The molecule has 0 saturated carbocycles. The van der Waals surface area contributed by atoms with Gasteiger partial charge in [-0.05, 0) is 38.6 Å². The summed E-state index contributed by atoms with van der Waals surface area (Å²) < 4.78 is 6.09. The van der Waals surface area contributed by atoms with Gasteiger partial charge in [0.1, 0.15) is 28.2 Å². The van der Waals surface area contributed by atoms with Crippen molar-refractivity contribution in [1.82, 2.24) is 4.90 Å². The normalized spacial score (nSPS) is 19.9. The van der Waals surface area contributed by atoms with E-state index < -0.39 is 5.43 Å². The maximum Gasteiger partial charge on any atom is 0.197 e. The molecule has 3 aromatic rings. The van der Waals surface area contributed by atoms with Crippen molar-refractivity contribution in [2.75, 3.05) is 20.2 Å². The number of benzene rings is 2. The lowest BCUT2D eigenvalue weighted by molar-refractivity contribution is 0.172. The van der Waals surface area contributed by atoms with E-state index in [1.165, 1.54) is 12.1 Å². The van der Waals surface area contributed by atoms with Gasteiger partial charge in [0.05, 0.1) is 11.6 Å². The van der Waals surface area contributed by atoms with E-state index in [4.69, 9.17) is 16.0 Å². The van der Waals surface area contributed by atoms with Crippen LogP contribution < -0.4 is 5.43 Å². The number of hydrogen-bond acceptors (Lipinski definition) is 6. The zero-order valence-electron chi connectivity index (χ0n) is 16.1. The van der Waals surface area contributed by atoms with Gasteiger partial charge < -0.3 is 24.6 Å². The first-order valence-corrected chi connectivity index (χ1v) is 9.80. The van der Waals surface area contributed by atoms with E-state index in [0.29, 0.717) is 22.6 Å². The number of likely N-dealkylation sites (tertiary alicyclic amines) is 1. The Morgan fingerprint density at radius 1 is 1.24 bits per heavy atom. The molecular weight excluding hydrogens is 394 g/mol. The van der Waals surface area contributed by atoms with Crippen LogP contribution >= 0.6 is 11.6 Å². The fourth-order valence-electron chi connectivity index (χ4n) is 4.26. The van der Waals surface area contributed by atoms with Crippen LogP contribution in [0.5, 0.6) is 11.5 Å². The molecule has 6 nitrogen and oxygen atoms in total. The highest BCUT2D eigenvalue weighted by Crippen LogP contribution is 2.44. The van der Waals surface area contributed by atoms with E-state index in [9.17, 15) is 20.1 Å². The van der Waals surface area contributed by atoms with Gasteiger partial charge in [-0.25, -0.2) is 0 Å². The summed E-state index contributed by atoms with van der Waals surface area (Å²) in [6, 6.07) is 7.66. The molecule has 1 saturated heterocycles. The number of rotatable bonds is 3. The molecule has 1 aliphatic heterocycles. The lowest BCUT2D eigenvalue weighted by atomic mass is 9.89. The van der Waals surface area contributed by atoms with E-state index in [1.807, 2.05) is 31.0 Å². The third-order valence-corrected chi connectivity index (χ3v) is 6.34. The van der Waals surface area contributed by atoms with Crippen LogP contribution in [-0.4, -0.2) is 46.5 Å². The van der Waals surface area contributed by atoms with Crippen LogP contribution in [0.3, 0.4) is 0 Å². The summed E-state index contributed by atoms with van der Waals surface area (Å²) in [4.78, 5) is 14.9. The molecule has 1 aromatic heterocycles. The fourth-order valence-corrected chi connectivity index (χ4v) is 4.48. The molecule has 0 bridgehead atoms. The molecule has 4 rings (SSSR count). The van der Waals surface area contributed by atoms with E-state index in [1.54, 1.807) is 6.07 Å². The predicted octanol–water partition coefficient (Wildman–Crippen LogP) is 3.61. The lowest BCUT2D eigenvalue weighted by Gasteiger charge is -2.24. The number of aliphatic hydroxyl groups excluding tert-OH is 1. The molecule has 152 valence electrons. The summed E-state index contributed by atoms with van der Waals surface area (Å²) in [6.45, 7) is 2.48. The minimum atomic E-state index is -0.426. The second kappa shape index (κ2) is 7.37. The van der Waals surface area contributed by atoms with Gasteiger partial charge in [0, 0.05) is 35.2 Å². The number of aliphatic hydroxyl groups is 1. The Balaban J connectivity index is 2.03. The van der Waals surface area contributed by atoms with Crippen molar-refractivity contribution in [2.24, 2.45) is 0 Å². The minimum absolute atomic E-state index is 0.0107. The Kier molecular flexibility index (Phi) is 5.02. The molecule has 3 N–H and O–H groups in total. The molecule has 29 heavy (non-hydrogen) atoms. The molecule has 7 heteroatoms. The number of aryl methyl sites for hydroxylation is 1. The zero-order valence-corrected chi connectivity index (χ0v) is 16.9. The number of halogens is 1. The second-order valence-electron chi connectivity index (χ2n) is 7.57. The van der Waals surface area contributed by atoms with Gasteiger partial charge in [0.2, 0.25) is 0 Å². The Labute approximate surface area is 172 Å². The molecule has 2 aromatic carbocycles. The molecule has 0 radical (unpaired) electrons. The number of nitrogens with zero attached hydrogens (tertiary/aromatic N) is 1. The maximum atomic E-state index is 12.9. The van der Waals surface area contributed by atoms with Gasteiger partial charge in [-0.1, -0.05) is 23.7 Å². The van der Waals surface area contributed by atoms with Crippen LogP contribution in [0.25, 0.3) is 22.3 Å². The van der Waals surface area contributed by atoms with Crippen molar-refractivity contribution in [3.8, 4) is 22.8 Å². The maximum absolute atomic E-state index is 12.9. The Hall–Kier alpha value is -2.54. The summed E-state index contributed by atoms with van der Waals surface area (Å²) in [7, 11) is 1.90. The minimum Gasteiger partial charge on any atom is -0.507 e. The monoisotopic (exact) mass is 415 g/mol. The first kappa shape index (κ1) is 19.8. The standard InChI is InChI=1S/C22H22ClNO5/c1-11-4-3-5-13(21(11)23)18-9-17(28)20-16(27)8-15(26)19(22(20)29-18)12-6-7-24(2)14(12)10-25/h3-5,8-9,12,14,25-27H,6-7,10H2,1-2H3. The van der Waals surface area contributed by atoms with Gasteiger partial charge >= 0.3 is 0 Å². The van der Waals surface area contributed by atoms with Gasteiger partial charge in [-0.2, -0.15) is 0 Å². The highest BCUT2D eigenvalue weighted by atomic mass is 35.5. The molecule has 1 aliphatic rings. The van der Waals surface area contributed by atoms with Crippen LogP contribution in [0.1, 0.15) is 23.5 Å². The summed E-state index contributed by atoms with van der Waals surface area (Å²) in [5.41, 5.74) is 1.51. The van der Waals surface area contributed by atoms with Crippen LogP contribution in [0, 0.1) is 6.92 Å².